The van der Waals surface area contributed by atoms with E-state index in [-0.39, 0.29) is 0 Å². The first kappa shape index (κ1) is 11.0. The first-order valence-electron chi connectivity index (χ1n) is 4.50. The van der Waals surface area contributed by atoms with Gasteiger partial charge in [0, 0.05) is 12.3 Å². The van der Waals surface area contributed by atoms with Crippen molar-refractivity contribution in [2.24, 2.45) is 0 Å². The number of ether oxygens (including phenoxy) is 1. The highest BCUT2D eigenvalue weighted by atomic mass is 35.5. The van der Waals surface area contributed by atoms with Crippen LogP contribution in [0.5, 0.6) is 11.6 Å². The summed E-state index contributed by atoms with van der Waals surface area (Å²) in [5, 5.41) is 0.900. The third-order valence-electron chi connectivity index (χ3n) is 1.91. The standard InChI is InChI=1S/C11H8Cl2N2O/c12-8-4-3-7(6-9(8)13)16-11-10(14)2-1-5-15-11/h1-6H,14H2. The van der Waals surface area contributed by atoms with Gasteiger partial charge in [0.05, 0.1) is 15.7 Å². The average Bonchev–Trinajstić information content (AvgIpc) is 2.27. The molecule has 1 aromatic heterocycles. The van der Waals surface area contributed by atoms with Crippen molar-refractivity contribution >= 4 is 28.9 Å². The molecule has 3 nitrogen and oxygen atoms in total. The van der Waals surface area contributed by atoms with E-state index in [1.165, 1.54) is 0 Å². The Bertz CT molecular complexity index is 517. The quantitative estimate of drug-likeness (QED) is 0.888. The zero-order valence-corrected chi connectivity index (χ0v) is 9.66. The summed E-state index contributed by atoms with van der Waals surface area (Å²) in [6, 6.07) is 8.40. The van der Waals surface area contributed by atoms with Crippen LogP contribution in [0.3, 0.4) is 0 Å². The first-order valence-corrected chi connectivity index (χ1v) is 5.26. The van der Waals surface area contributed by atoms with Gasteiger partial charge >= 0.3 is 0 Å². The number of nitrogen functional groups attached to an aromatic ring is 1. The molecule has 2 rings (SSSR count). The molecule has 0 fully saturated rings. The number of nitrogens with two attached hydrogens (primary N) is 1. The minimum absolute atomic E-state index is 0.348. The number of hydrogen-bond donors (Lipinski definition) is 1. The molecule has 0 bridgehead atoms. The number of nitrogens with zero attached hydrogens (tertiary/aromatic N) is 1. The molecular weight excluding hydrogens is 247 g/mol. The molecule has 0 saturated heterocycles. The van der Waals surface area contributed by atoms with Gasteiger partial charge in [0.25, 0.3) is 0 Å². The van der Waals surface area contributed by atoms with Crippen molar-refractivity contribution in [3.63, 3.8) is 0 Å². The summed E-state index contributed by atoms with van der Waals surface area (Å²) in [6.07, 6.45) is 1.60. The molecular formula is C11H8Cl2N2O. The van der Waals surface area contributed by atoms with Crippen molar-refractivity contribution in [2.45, 2.75) is 0 Å². The van der Waals surface area contributed by atoms with Gasteiger partial charge in [-0.05, 0) is 24.3 Å². The van der Waals surface area contributed by atoms with Crippen LogP contribution in [0.4, 0.5) is 5.69 Å². The van der Waals surface area contributed by atoms with E-state index in [0.29, 0.717) is 27.4 Å². The lowest BCUT2D eigenvalue weighted by Crippen LogP contribution is -1.94. The second-order valence-electron chi connectivity index (χ2n) is 3.08. The maximum atomic E-state index is 5.86. The number of benzene rings is 1. The molecule has 1 heterocycles. The lowest BCUT2D eigenvalue weighted by Gasteiger charge is -2.07. The van der Waals surface area contributed by atoms with Gasteiger partial charge < -0.3 is 10.5 Å². The maximum absolute atomic E-state index is 5.86. The Morgan fingerprint density at radius 2 is 1.94 bits per heavy atom. The lowest BCUT2D eigenvalue weighted by molar-refractivity contribution is 0.465. The molecule has 0 unspecified atom stereocenters. The predicted molar refractivity (Wildman–Crippen MR) is 65.2 cm³/mol. The summed E-state index contributed by atoms with van der Waals surface area (Å²) in [4.78, 5) is 4.00. The summed E-state index contributed by atoms with van der Waals surface area (Å²) >= 11 is 11.6. The summed E-state index contributed by atoms with van der Waals surface area (Å²) in [5.41, 5.74) is 6.16. The number of anilines is 1. The SMILES string of the molecule is Nc1cccnc1Oc1ccc(Cl)c(Cl)c1. The number of hydrogen-bond acceptors (Lipinski definition) is 3. The van der Waals surface area contributed by atoms with E-state index in [0.717, 1.165) is 0 Å². The average molecular weight is 255 g/mol. The van der Waals surface area contributed by atoms with Gasteiger partial charge in [0.1, 0.15) is 5.75 Å². The Labute approximate surface area is 103 Å². The molecule has 2 N–H and O–H groups in total. The van der Waals surface area contributed by atoms with E-state index in [1.54, 1.807) is 36.5 Å². The predicted octanol–water partition coefficient (Wildman–Crippen LogP) is 3.76. The molecule has 0 saturated carbocycles. The fraction of sp³-hybridized carbons (Fsp3) is 0. The Kier molecular flexibility index (Phi) is 3.17. The van der Waals surface area contributed by atoms with Crippen molar-refractivity contribution in [2.75, 3.05) is 5.73 Å². The fourth-order valence-electron chi connectivity index (χ4n) is 1.14. The van der Waals surface area contributed by atoms with E-state index in [4.69, 9.17) is 33.7 Å². The lowest BCUT2D eigenvalue weighted by atomic mass is 10.3. The summed E-state index contributed by atoms with van der Waals surface area (Å²) < 4.78 is 5.47. The number of halogens is 2. The van der Waals surface area contributed by atoms with E-state index >= 15 is 0 Å². The molecule has 0 aliphatic carbocycles. The van der Waals surface area contributed by atoms with Crippen LogP contribution in [0.25, 0.3) is 0 Å². The van der Waals surface area contributed by atoms with Crippen LogP contribution in [0.2, 0.25) is 10.0 Å². The minimum atomic E-state index is 0.348. The van der Waals surface area contributed by atoms with E-state index in [9.17, 15) is 0 Å². The monoisotopic (exact) mass is 254 g/mol. The second-order valence-corrected chi connectivity index (χ2v) is 3.89. The van der Waals surface area contributed by atoms with Gasteiger partial charge in [-0.3, -0.25) is 0 Å². The molecule has 0 amide bonds. The van der Waals surface area contributed by atoms with Crippen LogP contribution >= 0.6 is 23.2 Å². The number of aromatic nitrogens is 1. The van der Waals surface area contributed by atoms with Crippen molar-refractivity contribution in [1.29, 1.82) is 0 Å². The minimum Gasteiger partial charge on any atom is -0.437 e. The Balaban J connectivity index is 2.28. The maximum Gasteiger partial charge on any atom is 0.242 e. The largest absolute Gasteiger partial charge is 0.437 e. The molecule has 0 aliphatic heterocycles. The van der Waals surface area contributed by atoms with Crippen molar-refractivity contribution in [1.82, 2.24) is 4.98 Å². The Morgan fingerprint density at radius 1 is 1.12 bits per heavy atom. The molecule has 1 aromatic carbocycles. The van der Waals surface area contributed by atoms with Crippen LogP contribution in [0.15, 0.2) is 36.5 Å². The van der Waals surface area contributed by atoms with Crippen molar-refractivity contribution in [3.05, 3.63) is 46.6 Å². The number of pyridine rings is 1. The highest BCUT2D eigenvalue weighted by molar-refractivity contribution is 6.42. The van der Waals surface area contributed by atoms with Gasteiger partial charge in [-0.2, -0.15) is 0 Å². The summed E-state index contributed by atoms with van der Waals surface area (Å²) in [5.74, 6) is 0.890. The van der Waals surface area contributed by atoms with Crippen LogP contribution in [-0.4, -0.2) is 4.98 Å². The summed E-state index contributed by atoms with van der Waals surface area (Å²) in [6.45, 7) is 0. The van der Waals surface area contributed by atoms with Gasteiger partial charge in [-0.15, -0.1) is 0 Å². The zero-order valence-electron chi connectivity index (χ0n) is 8.15. The van der Waals surface area contributed by atoms with E-state index < -0.39 is 0 Å². The molecule has 0 spiro atoms. The molecule has 16 heavy (non-hydrogen) atoms. The molecule has 5 heteroatoms. The van der Waals surface area contributed by atoms with Gasteiger partial charge in [-0.25, -0.2) is 4.98 Å². The number of rotatable bonds is 2. The smallest absolute Gasteiger partial charge is 0.242 e. The van der Waals surface area contributed by atoms with Crippen molar-refractivity contribution < 1.29 is 4.74 Å². The molecule has 0 aliphatic rings. The third kappa shape index (κ3) is 2.38. The van der Waals surface area contributed by atoms with Gasteiger partial charge in [0.15, 0.2) is 0 Å². The van der Waals surface area contributed by atoms with Crippen LogP contribution < -0.4 is 10.5 Å². The van der Waals surface area contributed by atoms with Crippen LogP contribution in [0.1, 0.15) is 0 Å². The molecule has 0 radical (unpaired) electrons. The van der Waals surface area contributed by atoms with Crippen molar-refractivity contribution in [3.8, 4) is 11.6 Å². The second kappa shape index (κ2) is 4.60. The summed E-state index contributed by atoms with van der Waals surface area (Å²) in [7, 11) is 0. The third-order valence-corrected chi connectivity index (χ3v) is 2.65. The van der Waals surface area contributed by atoms with E-state index in [2.05, 4.69) is 4.98 Å². The molecule has 82 valence electrons. The Hall–Kier alpha value is -1.45. The normalized spacial score (nSPS) is 10.1. The van der Waals surface area contributed by atoms with Gasteiger partial charge in [-0.1, -0.05) is 23.2 Å². The highest BCUT2D eigenvalue weighted by Crippen LogP contribution is 2.30. The topological polar surface area (TPSA) is 48.1 Å². The van der Waals surface area contributed by atoms with Crippen LogP contribution in [0, 0.1) is 0 Å². The zero-order chi connectivity index (χ0) is 11.5. The first-order chi connectivity index (χ1) is 7.66. The fourth-order valence-corrected chi connectivity index (χ4v) is 1.43. The van der Waals surface area contributed by atoms with Gasteiger partial charge in [0.2, 0.25) is 5.88 Å². The molecule has 2 aromatic rings. The van der Waals surface area contributed by atoms with Crippen LogP contribution in [-0.2, 0) is 0 Å². The highest BCUT2D eigenvalue weighted by Gasteiger charge is 2.04. The van der Waals surface area contributed by atoms with E-state index in [1.807, 2.05) is 0 Å². The molecule has 0 atom stereocenters. The Morgan fingerprint density at radius 3 is 2.62 bits per heavy atom.